The summed E-state index contributed by atoms with van der Waals surface area (Å²) in [5, 5.41) is 35.3. The molecule has 0 saturated heterocycles. The third-order valence-corrected chi connectivity index (χ3v) is 7.19. The summed E-state index contributed by atoms with van der Waals surface area (Å²) in [6.07, 6.45) is -0.776. The Morgan fingerprint density at radius 1 is 1.00 bits per heavy atom. The first-order valence-corrected chi connectivity index (χ1v) is 15.7. The molecule has 5 rings (SSSR count). The van der Waals surface area contributed by atoms with Crippen LogP contribution >= 0.6 is 11.6 Å². The maximum Gasteiger partial charge on any atom is 0.490 e. The SMILES string of the molecule is COC(=O)Nc1ccc2c(c1)NCCCCC[C@H](NC(=O)/C=C/c1cc(Cl)ccc1-n1cnnn1)c1ncc-2[nH]1.O=C(O)C(F)(F)F.O=C(O)C(F)(F)F. The Labute approximate surface area is 305 Å². The van der Waals surface area contributed by atoms with Gasteiger partial charge in [-0.2, -0.15) is 31.0 Å². The minimum Gasteiger partial charge on any atom is -0.475 e. The predicted molar refractivity (Wildman–Crippen MR) is 178 cm³/mol. The Balaban J connectivity index is 0.000000476. The molecular weight excluding hydrogens is 760 g/mol. The lowest BCUT2D eigenvalue weighted by Gasteiger charge is -2.18. The maximum absolute atomic E-state index is 13.0. The van der Waals surface area contributed by atoms with Gasteiger partial charge in [0.05, 0.1) is 30.7 Å². The van der Waals surface area contributed by atoms with Crippen LogP contribution in [0.1, 0.15) is 43.1 Å². The van der Waals surface area contributed by atoms with Gasteiger partial charge in [-0.3, -0.25) is 10.1 Å². The topological polar surface area (TPSA) is 226 Å². The number of nitrogens with zero attached hydrogens (tertiary/aromatic N) is 5. The van der Waals surface area contributed by atoms with Crippen molar-refractivity contribution in [2.45, 2.75) is 44.1 Å². The highest BCUT2D eigenvalue weighted by Crippen LogP contribution is 2.32. The van der Waals surface area contributed by atoms with Crippen molar-refractivity contribution in [3.05, 3.63) is 71.4 Å². The zero-order valence-corrected chi connectivity index (χ0v) is 28.5. The summed E-state index contributed by atoms with van der Waals surface area (Å²) in [7, 11) is 1.32. The first-order valence-electron chi connectivity index (χ1n) is 15.3. The van der Waals surface area contributed by atoms with Gasteiger partial charge >= 0.3 is 30.4 Å². The number of hydrogen-bond donors (Lipinski definition) is 6. The number of amides is 2. The van der Waals surface area contributed by atoms with Crippen LogP contribution in [0.25, 0.3) is 23.0 Å². The number of aliphatic carboxylic acids is 2. The lowest BCUT2D eigenvalue weighted by molar-refractivity contribution is -0.193. The number of ether oxygens (including phenoxy) is 1. The number of carbonyl (C=O) groups is 4. The highest BCUT2D eigenvalue weighted by molar-refractivity contribution is 6.30. The van der Waals surface area contributed by atoms with Crippen molar-refractivity contribution in [1.29, 1.82) is 0 Å². The van der Waals surface area contributed by atoms with Crippen LogP contribution in [-0.4, -0.2) is 90.3 Å². The lowest BCUT2D eigenvalue weighted by Crippen LogP contribution is -2.27. The molecule has 3 heterocycles. The number of halogens is 7. The second-order valence-corrected chi connectivity index (χ2v) is 11.2. The van der Waals surface area contributed by atoms with Gasteiger partial charge in [-0.15, -0.1) is 5.10 Å². The van der Waals surface area contributed by atoms with Crippen molar-refractivity contribution < 1.29 is 60.5 Å². The monoisotopic (exact) mass is 789 g/mol. The summed E-state index contributed by atoms with van der Waals surface area (Å²) in [6, 6.07) is 10.5. The fourth-order valence-corrected chi connectivity index (χ4v) is 4.68. The number of imidazole rings is 1. The number of anilines is 2. The molecule has 16 nitrogen and oxygen atoms in total. The van der Waals surface area contributed by atoms with Gasteiger partial charge < -0.3 is 30.6 Å². The summed E-state index contributed by atoms with van der Waals surface area (Å²) >= 11 is 6.20. The standard InChI is InChI=1S/C27H28ClN9O3.2C2HF3O2/c1-40-27(39)32-19-8-9-20-22(14-19)29-12-4-2-3-5-21(26-30-15-23(20)34-26)33-25(38)11-6-17-13-18(28)7-10-24(17)37-16-31-35-36-37;2*3-2(4,5)1(6)7/h6-11,13-16,21,29H,2-5,12H2,1H3,(H,30,34)(H,32,39)(H,33,38);2*(H,6,7)/b11-6+;;/t21-;;/m0../s1. The summed E-state index contributed by atoms with van der Waals surface area (Å²) in [6.45, 7) is 0.763. The first-order chi connectivity index (χ1) is 25.4. The average molecular weight is 790 g/mol. The fraction of sp³-hybridized carbons (Fsp3) is 0.290. The number of aromatic amines is 1. The molecule has 1 aliphatic rings. The Morgan fingerprint density at radius 2 is 1.69 bits per heavy atom. The van der Waals surface area contributed by atoms with E-state index in [2.05, 4.69) is 41.4 Å². The number of methoxy groups -OCH3 is 1. The molecule has 2 aromatic carbocycles. The van der Waals surface area contributed by atoms with Gasteiger partial charge in [-0.1, -0.05) is 24.4 Å². The smallest absolute Gasteiger partial charge is 0.475 e. The van der Waals surface area contributed by atoms with E-state index in [-0.39, 0.29) is 11.9 Å². The number of carboxylic acids is 2. The number of nitrogens with one attached hydrogen (secondary N) is 4. The van der Waals surface area contributed by atoms with Crippen molar-refractivity contribution in [2.75, 3.05) is 24.3 Å². The number of hydrogen-bond acceptors (Lipinski definition) is 10. The molecule has 2 aromatic heterocycles. The second kappa shape index (κ2) is 19.0. The summed E-state index contributed by atoms with van der Waals surface area (Å²) in [4.78, 5) is 50.5. The number of H-pyrrole nitrogens is 1. The van der Waals surface area contributed by atoms with Crippen molar-refractivity contribution in [1.82, 2.24) is 35.5 Å². The van der Waals surface area contributed by atoms with Crippen LogP contribution < -0.4 is 16.0 Å². The molecule has 0 fully saturated rings. The zero-order valence-electron chi connectivity index (χ0n) is 27.7. The van der Waals surface area contributed by atoms with Crippen LogP contribution in [0.2, 0.25) is 5.02 Å². The highest BCUT2D eigenvalue weighted by Gasteiger charge is 2.39. The minimum absolute atomic E-state index is 0.265. The van der Waals surface area contributed by atoms with E-state index in [0.717, 1.165) is 49.2 Å². The Kier molecular flexibility index (Phi) is 14.9. The zero-order chi connectivity index (χ0) is 40.1. The van der Waals surface area contributed by atoms with Crippen LogP contribution in [0, 0.1) is 0 Å². The molecule has 4 aromatic rings. The molecule has 2 amide bonds. The van der Waals surface area contributed by atoms with Crippen LogP contribution in [0.5, 0.6) is 0 Å². The molecular formula is C31H30ClF6N9O7. The van der Waals surface area contributed by atoms with E-state index >= 15 is 0 Å². The summed E-state index contributed by atoms with van der Waals surface area (Å²) in [5.41, 5.74) is 4.55. The second-order valence-electron chi connectivity index (χ2n) is 10.8. The molecule has 0 aliphatic carbocycles. The molecule has 1 atom stereocenters. The van der Waals surface area contributed by atoms with E-state index < -0.39 is 30.4 Å². The lowest BCUT2D eigenvalue weighted by atomic mass is 10.1. The van der Waals surface area contributed by atoms with Gasteiger partial charge in [0.25, 0.3) is 0 Å². The number of rotatable bonds is 5. The molecule has 54 heavy (non-hydrogen) atoms. The van der Waals surface area contributed by atoms with Crippen LogP contribution in [0.15, 0.2) is 55.0 Å². The molecule has 290 valence electrons. The van der Waals surface area contributed by atoms with E-state index in [1.165, 1.54) is 24.2 Å². The van der Waals surface area contributed by atoms with Crippen LogP contribution in [0.3, 0.4) is 0 Å². The summed E-state index contributed by atoms with van der Waals surface area (Å²) in [5.74, 6) is -5.12. The fourth-order valence-electron chi connectivity index (χ4n) is 4.50. The molecule has 0 unspecified atom stereocenters. The molecule has 23 heteroatoms. The maximum atomic E-state index is 13.0. The molecule has 2 bridgehead atoms. The molecule has 0 spiro atoms. The number of benzene rings is 2. The third kappa shape index (κ3) is 13.1. The van der Waals surface area contributed by atoms with Gasteiger partial charge in [-0.25, -0.2) is 19.4 Å². The Hall–Kier alpha value is -6.19. The number of carbonyl (C=O) groups excluding carboxylic acids is 2. The van der Waals surface area contributed by atoms with E-state index in [0.29, 0.717) is 27.8 Å². The van der Waals surface area contributed by atoms with Crippen LogP contribution in [0.4, 0.5) is 42.5 Å². The predicted octanol–water partition coefficient (Wildman–Crippen LogP) is 6.01. The minimum atomic E-state index is -5.08. The third-order valence-electron chi connectivity index (χ3n) is 6.95. The number of carboxylic acid groups (broad SMARTS) is 2. The first kappa shape index (κ1) is 42.2. The molecule has 0 radical (unpaired) electrons. The molecule has 0 saturated carbocycles. The quantitative estimate of drug-likeness (QED) is 0.101. The van der Waals surface area contributed by atoms with Crippen molar-refractivity contribution >= 4 is 53.0 Å². The van der Waals surface area contributed by atoms with Crippen LogP contribution in [-0.2, 0) is 19.1 Å². The molecule has 1 aliphatic heterocycles. The van der Waals surface area contributed by atoms with Crippen molar-refractivity contribution in [3.63, 3.8) is 0 Å². The highest BCUT2D eigenvalue weighted by atomic mass is 35.5. The number of fused-ring (bicyclic) bond motifs is 4. The van der Waals surface area contributed by atoms with Gasteiger partial charge in [0.1, 0.15) is 12.2 Å². The van der Waals surface area contributed by atoms with E-state index in [1.54, 1.807) is 36.5 Å². The van der Waals surface area contributed by atoms with E-state index in [1.807, 2.05) is 12.1 Å². The van der Waals surface area contributed by atoms with E-state index in [9.17, 15) is 35.9 Å². The van der Waals surface area contributed by atoms with E-state index in [4.69, 9.17) is 36.1 Å². The van der Waals surface area contributed by atoms with Gasteiger partial charge in [0, 0.05) is 40.1 Å². The van der Waals surface area contributed by atoms with Gasteiger partial charge in [-0.05, 0) is 65.7 Å². The Morgan fingerprint density at radius 3 is 2.30 bits per heavy atom. The van der Waals surface area contributed by atoms with Crippen molar-refractivity contribution in [2.24, 2.45) is 0 Å². The summed E-state index contributed by atoms with van der Waals surface area (Å²) < 4.78 is 69.7. The number of aromatic nitrogens is 6. The van der Waals surface area contributed by atoms with Gasteiger partial charge in [0.15, 0.2) is 0 Å². The Bertz CT molecular complexity index is 1910. The average Bonchev–Trinajstić information content (AvgIpc) is 3.81. The largest absolute Gasteiger partial charge is 0.490 e. The van der Waals surface area contributed by atoms with Crippen molar-refractivity contribution in [3.8, 4) is 16.9 Å². The normalized spacial score (nSPS) is 14.3. The number of tetrazole rings is 1. The molecule has 6 N–H and O–H groups in total. The number of alkyl halides is 6. The van der Waals surface area contributed by atoms with Gasteiger partial charge in [0.2, 0.25) is 5.91 Å².